The summed E-state index contributed by atoms with van der Waals surface area (Å²) in [5, 5.41) is 11.5. The first-order valence-corrected chi connectivity index (χ1v) is 8.39. The molecule has 134 valence electrons. The fraction of sp³-hybridized carbons (Fsp3) is 0.471. The van der Waals surface area contributed by atoms with Crippen molar-refractivity contribution in [2.24, 2.45) is 10.7 Å². The summed E-state index contributed by atoms with van der Waals surface area (Å²) in [6.07, 6.45) is 2.54. The molecule has 2 aliphatic heterocycles. The monoisotopic (exact) mass is 346 g/mol. The van der Waals surface area contributed by atoms with Crippen LogP contribution in [0.2, 0.25) is 0 Å². The van der Waals surface area contributed by atoms with Crippen molar-refractivity contribution in [2.75, 3.05) is 13.2 Å². The maximum absolute atomic E-state index is 12.0. The number of carbonyl (C=O) groups excluding carboxylic acids is 2. The molecule has 0 bridgehead atoms. The van der Waals surface area contributed by atoms with Crippen LogP contribution < -0.4 is 15.8 Å². The van der Waals surface area contributed by atoms with Crippen molar-refractivity contribution in [3.63, 3.8) is 0 Å². The third-order valence-corrected chi connectivity index (χ3v) is 4.27. The van der Waals surface area contributed by atoms with E-state index >= 15 is 0 Å². The van der Waals surface area contributed by atoms with E-state index in [9.17, 15) is 9.59 Å². The summed E-state index contributed by atoms with van der Waals surface area (Å²) in [7, 11) is 0. The van der Waals surface area contributed by atoms with E-state index < -0.39 is 11.9 Å². The minimum atomic E-state index is -0.618. The van der Waals surface area contributed by atoms with Crippen LogP contribution in [-0.2, 0) is 16.1 Å². The lowest BCUT2D eigenvalue weighted by atomic mass is 10.1. The molecule has 1 fully saturated rings. The molecule has 0 aliphatic carbocycles. The van der Waals surface area contributed by atoms with Crippen molar-refractivity contribution < 1.29 is 19.4 Å². The highest BCUT2D eigenvalue weighted by Gasteiger charge is 2.39. The normalized spacial score (nSPS) is 18.3. The molecule has 25 heavy (non-hydrogen) atoms. The maximum Gasteiger partial charge on any atom is 0.250 e. The largest absolute Gasteiger partial charge is 0.494 e. The summed E-state index contributed by atoms with van der Waals surface area (Å²) in [4.78, 5) is 29.5. The van der Waals surface area contributed by atoms with Gasteiger partial charge in [0.25, 0.3) is 0 Å². The number of hydrogen-bond acceptors (Lipinski definition) is 6. The van der Waals surface area contributed by atoms with E-state index in [-0.39, 0.29) is 18.9 Å². The van der Waals surface area contributed by atoms with E-state index in [1.54, 1.807) is 4.90 Å². The molecule has 8 heteroatoms. The van der Waals surface area contributed by atoms with E-state index in [0.717, 1.165) is 36.3 Å². The van der Waals surface area contributed by atoms with Crippen LogP contribution in [0.25, 0.3) is 0 Å². The number of carbonyl (C=O) groups is 2. The fourth-order valence-corrected chi connectivity index (χ4v) is 2.99. The number of unbranched alkanes of at least 4 members (excludes halogenated alkanes) is 2. The second-order valence-electron chi connectivity index (χ2n) is 6.16. The average molecular weight is 346 g/mol. The van der Waals surface area contributed by atoms with Gasteiger partial charge in [0.05, 0.1) is 18.7 Å². The Labute approximate surface area is 145 Å². The van der Waals surface area contributed by atoms with Crippen molar-refractivity contribution in [3.8, 4) is 5.75 Å². The number of aliphatic hydroxyl groups excluding tert-OH is 1. The highest BCUT2D eigenvalue weighted by molar-refractivity contribution is 6.09. The number of ether oxygens (including phenoxy) is 1. The Balaban J connectivity index is 1.68. The Morgan fingerprint density at radius 3 is 3.00 bits per heavy atom. The zero-order chi connectivity index (χ0) is 17.8. The van der Waals surface area contributed by atoms with Crippen LogP contribution in [0.4, 0.5) is 5.69 Å². The van der Waals surface area contributed by atoms with Gasteiger partial charge >= 0.3 is 0 Å². The summed E-state index contributed by atoms with van der Waals surface area (Å²) in [6.45, 7) is 1.25. The number of aliphatic imine (C=N–C) groups is 1. The number of benzene rings is 1. The lowest BCUT2D eigenvalue weighted by Crippen LogP contribution is -2.39. The van der Waals surface area contributed by atoms with E-state index in [4.69, 9.17) is 15.6 Å². The molecule has 0 spiro atoms. The summed E-state index contributed by atoms with van der Waals surface area (Å²) in [5.74, 6) is 0.422. The molecule has 3 rings (SSSR count). The van der Waals surface area contributed by atoms with Crippen LogP contribution in [0.3, 0.4) is 0 Å². The van der Waals surface area contributed by atoms with E-state index in [2.05, 4.69) is 10.3 Å². The number of nitrogens with zero attached hydrogens (tertiary/aromatic N) is 2. The third kappa shape index (κ3) is 3.90. The number of rotatable bonds is 8. The number of guanidine groups is 1. The lowest BCUT2D eigenvalue weighted by molar-refractivity contribution is -0.126. The lowest BCUT2D eigenvalue weighted by Gasteiger charge is -2.27. The molecule has 0 saturated carbocycles. The first-order chi connectivity index (χ1) is 12.1. The zero-order valence-electron chi connectivity index (χ0n) is 13.9. The van der Waals surface area contributed by atoms with E-state index in [0.29, 0.717) is 19.1 Å². The Kier molecular flexibility index (Phi) is 5.18. The van der Waals surface area contributed by atoms with Gasteiger partial charge in [-0.25, -0.2) is 4.99 Å². The van der Waals surface area contributed by atoms with Crippen molar-refractivity contribution in [3.05, 3.63) is 23.8 Å². The Hall–Kier alpha value is -2.61. The quantitative estimate of drug-likeness (QED) is 0.589. The van der Waals surface area contributed by atoms with Gasteiger partial charge < -0.3 is 20.5 Å². The molecule has 1 saturated heterocycles. The number of fused-ring (bicyclic) bond motifs is 2. The second-order valence-corrected chi connectivity index (χ2v) is 6.16. The molecule has 1 unspecified atom stereocenters. The van der Waals surface area contributed by atoms with Gasteiger partial charge in [0.2, 0.25) is 17.8 Å². The molecule has 0 aromatic heterocycles. The molecule has 2 heterocycles. The van der Waals surface area contributed by atoms with Crippen LogP contribution in [-0.4, -0.2) is 47.0 Å². The van der Waals surface area contributed by atoms with Gasteiger partial charge in [0.1, 0.15) is 11.8 Å². The van der Waals surface area contributed by atoms with Crippen molar-refractivity contribution >= 4 is 23.5 Å². The van der Waals surface area contributed by atoms with Gasteiger partial charge in [-0.15, -0.1) is 0 Å². The van der Waals surface area contributed by atoms with Crippen molar-refractivity contribution in [1.29, 1.82) is 0 Å². The number of hydrogen-bond donors (Lipinski definition) is 3. The molecule has 4 N–H and O–H groups in total. The highest BCUT2D eigenvalue weighted by Crippen LogP contribution is 2.32. The van der Waals surface area contributed by atoms with Crippen LogP contribution >= 0.6 is 0 Å². The van der Waals surface area contributed by atoms with Crippen molar-refractivity contribution in [1.82, 2.24) is 10.2 Å². The number of nitrogens with two attached hydrogens (primary N) is 1. The van der Waals surface area contributed by atoms with Crippen molar-refractivity contribution in [2.45, 2.75) is 38.3 Å². The smallest absolute Gasteiger partial charge is 0.250 e. The van der Waals surface area contributed by atoms with E-state index in [1.807, 2.05) is 18.2 Å². The predicted octanol–water partition coefficient (Wildman–Crippen LogP) is 0.405. The Morgan fingerprint density at radius 2 is 2.24 bits per heavy atom. The molecule has 0 radical (unpaired) electrons. The molecule has 1 aromatic carbocycles. The first-order valence-electron chi connectivity index (χ1n) is 8.39. The topological polar surface area (TPSA) is 117 Å². The molecule has 1 aromatic rings. The maximum atomic E-state index is 12.0. The minimum Gasteiger partial charge on any atom is -0.494 e. The van der Waals surface area contributed by atoms with E-state index in [1.165, 1.54) is 0 Å². The Bertz CT molecular complexity index is 704. The van der Waals surface area contributed by atoms with Gasteiger partial charge in [-0.3, -0.25) is 14.9 Å². The average Bonchev–Trinajstić information content (AvgIpc) is 2.87. The minimum absolute atomic E-state index is 0.0404. The summed E-state index contributed by atoms with van der Waals surface area (Å²) < 4.78 is 5.74. The number of primary amides is 1. The molecule has 8 nitrogen and oxygen atoms in total. The standard InChI is InChI=1S/C17H22N4O4/c18-15(23)9-14-16(24)20-17-19-13-5-4-12(8-11(13)10-21(14)17)25-7-3-1-2-6-22/h4-5,8,14,22H,1-3,6-7,9-10H2,(H2,18,23)(H,19,20,24). The summed E-state index contributed by atoms with van der Waals surface area (Å²) >= 11 is 0. The van der Waals surface area contributed by atoms with Crippen LogP contribution in [0, 0.1) is 0 Å². The molecule has 2 amide bonds. The molecular formula is C17H22N4O4. The zero-order valence-corrected chi connectivity index (χ0v) is 13.9. The van der Waals surface area contributed by atoms with Crippen LogP contribution in [0.1, 0.15) is 31.2 Å². The van der Waals surface area contributed by atoms with Gasteiger partial charge in [-0.05, 0) is 37.5 Å². The second kappa shape index (κ2) is 7.52. The van der Waals surface area contributed by atoms with Crippen LogP contribution in [0.5, 0.6) is 5.75 Å². The fourth-order valence-electron chi connectivity index (χ4n) is 2.99. The SMILES string of the molecule is NC(=O)CC1C(=O)NC2=Nc3ccc(OCCCCCO)cc3CN21. The highest BCUT2D eigenvalue weighted by atomic mass is 16.5. The molecular weight excluding hydrogens is 324 g/mol. The van der Waals surface area contributed by atoms with Gasteiger partial charge in [-0.1, -0.05) is 0 Å². The third-order valence-electron chi connectivity index (χ3n) is 4.27. The number of nitrogens with one attached hydrogen (secondary N) is 1. The number of aliphatic hydroxyl groups is 1. The molecule has 2 aliphatic rings. The number of amides is 2. The summed E-state index contributed by atoms with van der Waals surface area (Å²) in [5.41, 5.74) is 6.95. The molecule has 1 atom stereocenters. The van der Waals surface area contributed by atoms with Gasteiger partial charge in [-0.2, -0.15) is 0 Å². The van der Waals surface area contributed by atoms with Gasteiger partial charge in [0.15, 0.2) is 0 Å². The first kappa shape index (κ1) is 17.2. The van der Waals surface area contributed by atoms with Gasteiger partial charge in [0, 0.05) is 18.7 Å². The van der Waals surface area contributed by atoms with Crippen LogP contribution in [0.15, 0.2) is 23.2 Å². The Morgan fingerprint density at radius 1 is 1.40 bits per heavy atom. The summed E-state index contributed by atoms with van der Waals surface area (Å²) in [6, 6.07) is 5.00. The predicted molar refractivity (Wildman–Crippen MR) is 91.3 cm³/mol.